The summed E-state index contributed by atoms with van der Waals surface area (Å²) in [5.74, 6) is 2.32. The van der Waals surface area contributed by atoms with Gasteiger partial charge in [0.2, 0.25) is 5.91 Å². The number of nitrogens with one attached hydrogen (secondary N) is 1. The molecule has 1 aromatic carbocycles. The number of rotatable bonds is 2. The molecule has 3 heterocycles. The number of amides is 1. The van der Waals surface area contributed by atoms with Crippen LogP contribution in [0.4, 0.5) is 0 Å². The molecule has 2 unspecified atom stereocenters. The van der Waals surface area contributed by atoms with Crippen LogP contribution in [-0.4, -0.2) is 27.3 Å². The van der Waals surface area contributed by atoms with Gasteiger partial charge < -0.3 is 9.88 Å². The average Bonchev–Trinajstić information content (AvgIpc) is 2.93. The summed E-state index contributed by atoms with van der Waals surface area (Å²) < 4.78 is 2.19. The molecule has 0 bridgehead atoms. The van der Waals surface area contributed by atoms with E-state index < -0.39 is 0 Å². The fourth-order valence-electron chi connectivity index (χ4n) is 3.59. The van der Waals surface area contributed by atoms with Crippen LogP contribution in [0.5, 0.6) is 0 Å². The minimum absolute atomic E-state index is 0.0640. The molecule has 4 rings (SSSR count). The van der Waals surface area contributed by atoms with Crippen molar-refractivity contribution in [3.8, 4) is 0 Å². The molecule has 0 spiro atoms. The number of aromatic nitrogens is 2. The van der Waals surface area contributed by atoms with E-state index in [0.29, 0.717) is 0 Å². The lowest BCUT2D eigenvalue weighted by Gasteiger charge is -2.29. The number of nitrogens with zero attached hydrogens (tertiary/aromatic N) is 2. The fraction of sp³-hybridized carbons (Fsp3) is 0.444. The van der Waals surface area contributed by atoms with Crippen molar-refractivity contribution in [2.45, 2.75) is 44.0 Å². The van der Waals surface area contributed by atoms with Crippen LogP contribution in [0, 0.1) is 6.92 Å². The molecule has 23 heavy (non-hydrogen) atoms. The summed E-state index contributed by atoms with van der Waals surface area (Å²) in [5.41, 5.74) is 3.57. The summed E-state index contributed by atoms with van der Waals surface area (Å²) in [6.45, 7) is 2.86. The second kappa shape index (κ2) is 6.04. The Balaban J connectivity index is 1.47. The molecule has 120 valence electrons. The highest BCUT2D eigenvalue weighted by Gasteiger charge is 2.29. The number of carbonyl (C=O) groups excluding carboxylic acids is 1. The first kappa shape index (κ1) is 14.8. The normalized spacial score (nSPS) is 23.0. The summed E-state index contributed by atoms with van der Waals surface area (Å²) in [6.07, 6.45) is 5.05. The van der Waals surface area contributed by atoms with Crippen molar-refractivity contribution in [1.29, 1.82) is 0 Å². The van der Waals surface area contributed by atoms with E-state index in [9.17, 15) is 4.79 Å². The van der Waals surface area contributed by atoms with Gasteiger partial charge in [-0.05, 0) is 36.6 Å². The van der Waals surface area contributed by atoms with E-state index in [2.05, 4.69) is 39.3 Å². The van der Waals surface area contributed by atoms with Gasteiger partial charge in [0.1, 0.15) is 11.1 Å². The van der Waals surface area contributed by atoms with Crippen molar-refractivity contribution in [3.63, 3.8) is 0 Å². The number of fused-ring (bicyclic) bond motifs is 2. The molecule has 1 amide bonds. The van der Waals surface area contributed by atoms with Crippen LogP contribution in [-0.2, 0) is 24.2 Å². The van der Waals surface area contributed by atoms with Crippen LogP contribution in [0.2, 0.25) is 0 Å². The summed E-state index contributed by atoms with van der Waals surface area (Å²) in [6, 6.07) is 8.55. The van der Waals surface area contributed by atoms with Gasteiger partial charge in [-0.15, -0.1) is 11.8 Å². The second-order valence-corrected chi connectivity index (χ2v) is 7.61. The summed E-state index contributed by atoms with van der Waals surface area (Å²) >= 11 is 1.76. The third-order valence-electron chi connectivity index (χ3n) is 4.69. The van der Waals surface area contributed by atoms with Gasteiger partial charge in [-0.25, -0.2) is 4.98 Å². The van der Waals surface area contributed by atoms with Crippen molar-refractivity contribution in [1.82, 2.24) is 14.9 Å². The van der Waals surface area contributed by atoms with Crippen molar-refractivity contribution in [2.75, 3.05) is 5.75 Å². The summed E-state index contributed by atoms with van der Waals surface area (Å²) in [4.78, 5) is 17.3. The van der Waals surface area contributed by atoms with E-state index in [0.717, 1.165) is 43.1 Å². The van der Waals surface area contributed by atoms with Gasteiger partial charge in [0.15, 0.2) is 0 Å². The molecule has 0 aliphatic carbocycles. The Labute approximate surface area is 140 Å². The Kier molecular flexibility index (Phi) is 3.89. The molecule has 2 aromatic rings. The SMILES string of the molecule is Cc1cn2c(n1)CCC(NC(=O)C1SCCc3ccccc31)C2. The predicted octanol–water partition coefficient (Wildman–Crippen LogP) is 2.65. The van der Waals surface area contributed by atoms with Crippen LogP contribution in [0.3, 0.4) is 0 Å². The number of hydrogen-bond acceptors (Lipinski definition) is 3. The first-order chi connectivity index (χ1) is 11.2. The third-order valence-corrected chi connectivity index (χ3v) is 5.93. The zero-order valence-electron chi connectivity index (χ0n) is 13.3. The van der Waals surface area contributed by atoms with Crippen LogP contribution in [0.15, 0.2) is 30.5 Å². The van der Waals surface area contributed by atoms with Gasteiger partial charge in [0, 0.05) is 25.2 Å². The van der Waals surface area contributed by atoms with E-state index >= 15 is 0 Å². The van der Waals surface area contributed by atoms with Crippen molar-refractivity contribution >= 4 is 17.7 Å². The Morgan fingerprint density at radius 1 is 1.35 bits per heavy atom. The minimum atomic E-state index is -0.0640. The molecule has 2 aliphatic heterocycles. The van der Waals surface area contributed by atoms with Gasteiger partial charge in [0.05, 0.1) is 5.69 Å². The molecule has 2 aliphatic rings. The quantitative estimate of drug-likeness (QED) is 0.922. The topological polar surface area (TPSA) is 46.9 Å². The number of thioether (sulfide) groups is 1. The molecule has 2 atom stereocenters. The largest absolute Gasteiger partial charge is 0.350 e. The summed E-state index contributed by atoms with van der Waals surface area (Å²) in [7, 11) is 0. The van der Waals surface area contributed by atoms with Gasteiger partial charge in [-0.1, -0.05) is 24.3 Å². The highest BCUT2D eigenvalue weighted by atomic mass is 32.2. The summed E-state index contributed by atoms with van der Waals surface area (Å²) in [5, 5.41) is 3.21. The van der Waals surface area contributed by atoms with Crippen LogP contribution in [0.25, 0.3) is 0 Å². The monoisotopic (exact) mass is 327 g/mol. The highest BCUT2D eigenvalue weighted by molar-refractivity contribution is 8.00. The van der Waals surface area contributed by atoms with Crippen LogP contribution < -0.4 is 5.32 Å². The lowest BCUT2D eigenvalue weighted by Crippen LogP contribution is -2.43. The lowest BCUT2D eigenvalue weighted by atomic mass is 10.0. The number of aryl methyl sites for hydroxylation is 3. The predicted molar refractivity (Wildman–Crippen MR) is 92.6 cm³/mol. The molecule has 0 saturated heterocycles. The standard InChI is InChI=1S/C18H21N3OS/c1-12-10-21-11-14(6-7-16(21)19-12)20-18(22)17-15-5-3-2-4-13(15)8-9-23-17/h2-5,10,14,17H,6-9,11H2,1H3,(H,20,22). The molecule has 4 nitrogen and oxygen atoms in total. The third kappa shape index (κ3) is 2.90. The number of carbonyl (C=O) groups is 1. The Morgan fingerprint density at radius 3 is 3.13 bits per heavy atom. The number of hydrogen-bond donors (Lipinski definition) is 1. The fourth-order valence-corrected chi connectivity index (χ4v) is 4.79. The molecular formula is C18H21N3OS. The van der Waals surface area contributed by atoms with Crippen molar-refractivity contribution < 1.29 is 4.79 Å². The maximum absolute atomic E-state index is 12.8. The Hall–Kier alpha value is -1.75. The Morgan fingerprint density at radius 2 is 2.22 bits per heavy atom. The first-order valence-corrected chi connectivity index (χ1v) is 9.28. The zero-order valence-corrected chi connectivity index (χ0v) is 14.1. The maximum Gasteiger partial charge on any atom is 0.237 e. The first-order valence-electron chi connectivity index (χ1n) is 8.23. The number of benzene rings is 1. The lowest BCUT2D eigenvalue weighted by molar-refractivity contribution is -0.121. The molecule has 1 aromatic heterocycles. The van der Waals surface area contributed by atoms with Gasteiger partial charge >= 0.3 is 0 Å². The van der Waals surface area contributed by atoms with E-state index in [1.54, 1.807) is 11.8 Å². The van der Waals surface area contributed by atoms with Gasteiger partial charge in [-0.2, -0.15) is 0 Å². The Bertz CT molecular complexity index is 740. The smallest absolute Gasteiger partial charge is 0.237 e. The van der Waals surface area contributed by atoms with Gasteiger partial charge in [-0.3, -0.25) is 4.79 Å². The van der Waals surface area contributed by atoms with E-state index in [1.807, 2.05) is 13.0 Å². The van der Waals surface area contributed by atoms with E-state index in [-0.39, 0.29) is 17.2 Å². The zero-order chi connectivity index (χ0) is 15.8. The maximum atomic E-state index is 12.8. The molecule has 0 saturated carbocycles. The minimum Gasteiger partial charge on any atom is -0.350 e. The van der Waals surface area contributed by atoms with Crippen molar-refractivity contribution in [2.24, 2.45) is 0 Å². The number of imidazole rings is 1. The molecule has 0 radical (unpaired) electrons. The second-order valence-electron chi connectivity index (χ2n) is 6.39. The highest BCUT2D eigenvalue weighted by Crippen LogP contribution is 2.36. The van der Waals surface area contributed by atoms with E-state index in [1.165, 1.54) is 11.1 Å². The molecule has 1 N–H and O–H groups in total. The molecule has 0 fully saturated rings. The molecule has 5 heteroatoms. The van der Waals surface area contributed by atoms with E-state index in [4.69, 9.17) is 0 Å². The van der Waals surface area contributed by atoms with Crippen LogP contribution in [0.1, 0.15) is 34.3 Å². The average molecular weight is 327 g/mol. The van der Waals surface area contributed by atoms with Gasteiger partial charge in [0.25, 0.3) is 0 Å². The van der Waals surface area contributed by atoms with Crippen LogP contribution >= 0.6 is 11.8 Å². The van der Waals surface area contributed by atoms with Crippen molar-refractivity contribution in [3.05, 3.63) is 53.1 Å². The molecular weight excluding hydrogens is 306 g/mol.